The molecule has 0 unspecified atom stereocenters. The van der Waals surface area contributed by atoms with Gasteiger partial charge in [0.25, 0.3) is 11.6 Å². The van der Waals surface area contributed by atoms with Gasteiger partial charge in [0.1, 0.15) is 0 Å². The predicted octanol–water partition coefficient (Wildman–Crippen LogP) is 1.41. The number of rotatable bonds is 7. The zero-order chi connectivity index (χ0) is 17.5. The number of esters is 1. The monoisotopic (exact) mass is 336 g/mol. The standard InChI is InChI=1S/C15H16N2O7/c1-2-5-16-14(18)8-22-15(19)4-3-10-6-12-13(24-9-23-12)7-11(10)17(20)21/h3-4,6-7H,2,5,8-9H2,1H3,(H,16,18)/b4-3+. The summed E-state index contributed by atoms with van der Waals surface area (Å²) in [6.07, 6.45) is 3.01. The summed E-state index contributed by atoms with van der Waals surface area (Å²) < 4.78 is 15.0. The summed E-state index contributed by atoms with van der Waals surface area (Å²) in [5.74, 6) is -0.567. The molecular formula is C15H16N2O7. The molecule has 24 heavy (non-hydrogen) atoms. The van der Waals surface area contributed by atoms with E-state index in [-0.39, 0.29) is 23.8 Å². The topological polar surface area (TPSA) is 117 Å². The fraction of sp³-hybridized carbons (Fsp3) is 0.333. The minimum Gasteiger partial charge on any atom is -0.454 e. The zero-order valence-corrected chi connectivity index (χ0v) is 12.9. The number of hydrogen-bond donors (Lipinski definition) is 1. The Morgan fingerprint density at radius 2 is 2.08 bits per heavy atom. The summed E-state index contributed by atoms with van der Waals surface area (Å²) in [6.45, 7) is 1.96. The maximum atomic E-state index is 11.6. The molecule has 1 aromatic carbocycles. The fourth-order valence-corrected chi connectivity index (χ4v) is 1.90. The van der Waals surface area contributed by atoms with Gasteiger partial charge >= 0.3 is 5.97 Å². The first-order chi connectivity index (χ1) is 11.5. The summed E-state index contributed by atoms with van der Waals surface area (Å²) in [5.41, 5.74) is -0.0689. The summed E-state index contributed by atoms with van der Waals surface area (Å²) in [7, 11) is 0. The second kappa shape index (κ2) is 7.95. The van der Waals surface area contributed by atoms with E-state index in [1.807, 2.05) is 6.92 Å². The van der Waals surface area contributed by atoms with E-state index >= 15 is 0 Å². The Bertz CT molecular complexity index is 685. The molecule has 0 saturated carbocycles. The lowest BCUT2D eigenvalue weighted by atomic mass is 10.1. The van der Waals surface area contributed by atoms with E-state index in [1.165, 1.54) is 18.2 Å². The molecule has 0 aromatic heterocycles. The number of carbonyl (C=O) groups excluding carboxylic acids is 2. The summed E-state index contributed by atoms with van der Waals surface area (Å²) in [4.78, 5) is 33.4. The molecule has 1 aromatic rings. The van der Waals surface area contributed by atoms with Crippen molar-refractivity contribution in [2.24, 2.45) is 0 Å². The van der Waals surface area contributed by atoms with Crippen molar-refractivity contribution in [3.63, 3.8) is 0 Å². The van der Waals surface area contributed by atoms with Crippen molar-refractivity contribution in [1.82, 2.24) is 5.32 Å². The van der Waals surface area contributed by atoms with E-state index in [0.717, 1.165) is 12.5 Å². The predicted molar refractivity (Wildman–Crippen MR) is 82.5 cm³/mol. The maximum Gasteiger partial charge on any atom is 0.331 e. The quantitative estimate of drug-likeness (QED) is 0.346. The molecule has 1 amide bonds. The van der Waals surface area contributed by atoms with E-state index < -0.39 is 23.4 Å². The van der Waals surface area contributed by atoms with Crippen LogP contribution >= 0.6 is 0 Å². The number of nitro groups is 1. The number of hydrogen-bond acceptors (Lipinski definition) is 7. The molecule has 0 spiro atoms. The van der Waals surface area contributed by atoms with Crippen LogP contribution in [0, 0.1) is 10.1 Å². The first-order valence-corrected chi connectivity index (χ1v) is 7.20. The van der Waals surface area contributed by atoms with Gasteiger partial charge in [0.2, 0.25) is 6.79 Å². The van der Waals surface area contributed by atoms with Gasteiger partial charge in [-0.05, 0) is 18.6 Å². The third-order valence-corrected chi connectivity index (χ3v) is 3.04. The van der Waals surface area contributed by atoms with E-state index in [0.29, 0.717) is 12.3 Å². The Kier molecular flexibility index (Phi) is 5.72. The van der Waals surface area contributed by atoms with Crippen LogP contribution in [0.1, 0.15) is 18.9 Å². The second-order valence-corrected chi connectivity index (χ2v) is 4.81. The fourth-order valence-electron chi connectivity index (χ4n) is 1.90. The van der Waals surface area contributed by atoms with Gasteiger partial charge in [-0.15, -0.1) is 0 Å². The Hall–Kier alpha value is -3.10. The number of amides is 1. The highest BCUT2D eigenvalue weighted by molar-refractivity contribution is 5.90. The molecule has 0 aliphatic carbocycles. The zero-order valence-electron chi connectivity index (χ0n) is 12.9. The molecule has 1 N–H and O–H groups in total. The highest BCUT2D eigenvalue weighted by Crippen LogP contribution is 2.38. The first kappa shape index (κ1) is 17.3. The molecular weight excluding hydrogens is 320 g/mol. The third kappa shape index (κ3) is 4.45. The van der Waals surface area contributed by atoms with Crippen molar-refractivity contribution in [2.45, 2.75) is 13.3 Å². The highest BCUT2D eigenvalue weighted by atomic mass is 16.7. The number of ether oxygens (including phenoxy) is 3. The molecule has 0 fully saturated rings. The van der Waals surface area contributed by atoms with Crippen LogP contribution in [-0.2, 0) is 14.3 Å². The van der Waals surface area contributed by atoms with Gasteiger partial charge in [-0.25, -0.2) is 4.79 Å². The first-order valence-electron chi connectivity index (χ1n) is 7.20. The van der Waals surface area contributed by atoms with Crippen molar-refractivity contribution < 1.29 is 28.7 Å². The summed E-state index contributed by atoms with van der Waals surface area (Å²) in [6, 6.07) is 2.63. The minimum absolute atomic E-state index is 0.0193. The van der Waals surface area contributed by atoms with Crippen LogP contribution in [0.3, 0.4) is 0 Å². The van der Waals surface area contributed by atoms with Crippen LogP contribution in [0.5, 0.6) is 11.5 Å². The molecule has 0 saturated heterocycles. The van der Waals surface area contributed by atoms with Gasteiger partial charge in [0, 0.05) is 12.6 Å². The normalized spacial score (nSPS) is 12.2. The van der Waals surface area contributed by atoms with Gasteiger partial charge in [0.05, 0.1) is 16.6 Å². The molecule has 0 bridgehead atoms. The van der Waals surface area contributed by atoms with E-state index in [4.69, 9.17) is 14.2 Å². The van der Waals surface area contributed by atoms with Crippen LogP contribution in [-0.4, -0.2) is 36.7 Å². The molecule has 1 heterocycles. The number of fused-ring (bicyclic) bond motifs is 1. The summed E-state index contributed by atoms with van der Waals surface area (Å²) in [5, 5.41) is 13.6. The summed E-state index contributed by atoms with van der Waals surface area (Å²) >= 11 is 0. The van der Waals surface area contributed by atoms with Crippen LogP contribution in [0.15, 0.2) is 18.2 Å². The lowest BCUT2D eigenvalue weighted by Gasteiger charge is -2.03. The lowest BCUT2D eigenvalue weighted by molar-refractivity contribution is -0.385. The number of carbonyl (C=O) groups is 2. The van der Waals surface area contributed by atoms with Gasteiger partial charge in [-0.2, -0.15) is 0 Å². The van der Waals surface area contributed by atoms with Crippen LogP contribution < -0.4 is 14.8 Å². The average Bonchev–Trinajstić information content (AvgIpc) is 3.02. The molecule has 0 radical (unpaired) electrons. The molecule has 2 rings (SSSR count). The average molecular weight is 336 g/mol. The van der Waals surface area contributed by atoms with Crippen molar-refractivity contribution in [3.8, 4) is 11.5 Å². The van der Waals surface area contributed by atoms with E-state index in [9.17, 15) is 19.7 Å². The van der Waals surface area contributed by atoms with Crippen molar-refractivity contribution in [2.75, 3.05) is 19.9 Å². The van der Waals surface area contributed by atoms with Crippen molar-refractivity contribution >= 4 is 23.6 Å². The van der Waals surface area contributed by atoms with Gasteiger partial charge in [-0.3, -0.25) is 14.9 Å². The van der Waals surface area contributed by atoms with Gasteiger partial charge in [0.15, 0.2) is 18.1 Å². The minimum atomic E-state index is -0.784. The van der Waals surface area contributed by atoms with E-state index in [1.54, 1.807) is 0 Å². The Morgan fingerprint density at radius 3 is 2.75 bits per heavy atom. The van der Waals surface area contributed by atoms with Crippen molar-refractivity contribution in [3.05, 3.63) is 33.9 Å². The number of nitrogens with zero attached hydrogens (tertiary/aromatic N) is 1. The van der Waals surface area contributed by atoms with Crippen LogP contribution in [0.4, 0.5) is 5.69 Å². The maximum absolute atomic E-state index is 11.6. The van der Waals surface area contributed by atoms with Crippen molar-refractivity contribution in [1.29, 1.82) is 0 Å². The van der Waals surface area contributed by atoms with Gasteiger partial charge in [-0.1, -0.05) is 6.92 Å². The highest BCUT2D eigenvalue weighted by Gasteiger charge is 2.22. The molecule has 128 valence electrons. The third-order valence-electron chi connectivity index (χ3n) is 3.04. The molecule has 1 aliphatic heterocycles. The second-order valence-electron chi connectivity index (χ2n) is 4.81. The molecule has 1 aliphatic rings. The lowest BCUT2D eigenvalue weighted by Crippen LogP contribution is -2.28. The van der Waals surface area contributed by atoms with Crippen LogP contribution in [0.25, 0.3) is 6.08 Å². The van der Waals surface area contributed by atoms with E-state index in [2.05, 4.69) is 5.32 Å². The SMILES string of the molecule is CCCNC(=O)COC(=O)/C=C/c1cc2c(cc1[N+](=O)[O-])OCO2. The van der Waals surface area contributed by atoms with Gasteiger partial charge < -0.3 is 19.5 Å². The Balaban J connectivity index is 2.02. The molecule has 9 nitrogen and oxygen atoms in total. The number of nitrogens with one attached hydrogen (secondary N) is 1. The number of nitro benzene ring substituents is 1. The Labute approximate surface area is 137 Å². The Morgan fingerprint density at radius 1 is 1.38 bits per heavy atom. The molecule has 9 heteroatoms. The largest absolute Gasteiger partial charge is 0.454 e. The molecule has 0 atom stereocenters. The smallest absolute Gasteiger partial charge is 0.331 e. The van der Waals surface area contributed by atoms with Crippen LogP contribution in [0.2, 0.25) is 0 Å². The number of benzene rings is 1.